The Morgan fingerprint density at radius 1 is 1.05 bits per heavy atom. The van der Waals surface area contributed by atoms with E-state index in [1.807, 2.05) is 13.8 Å². The fourth-order valence-corrected chi connectivity index (χ4v) is 2.49. The molecule has 0 spiro atoms. The quantitative estimate of drug-likeness (QED) is 0.809. The number of rotatable bonds is 5. The maximum atomic E-state index is 13.8. The smallest absolute Gasteiger partial charge is 0.128 e. The third-order valence-corrected chi connectivity index (χ3v) is 3.76. The van der Waals surface area contributed by atoms with Crippen LogP contribution in [0.5, 0.6) is 0 Å². The Bertz CT molecular complexity index is 593. The van der Waals surface area contributed by atoms with Crippen LogP contribution in [0.4, 0.5) is 8.78 Å². The molecule has 0 saturated heterocycles. The molecular formula is C18H21F2N. The largest absolute Gasteiger partial charge is 0.303 e. The molecule has 2 atom stereocenters. The van der Waals surface area contributed by atoms with Crippen LogP contribution in [0.25, 0.3) is 0 Å². The summed E-state index contributed by atoms with van der Waals surface area (Å²) in [7, 11) is 0. The van der Waals surface area contributed by atoms with Gasteiger partial charge in [0.2, 0.25) is 0 Å². The lowest BCUT2D eigenvalue weighted by atomic mass is 10.00. The lowest BCUT2D eigenvalue weighted by Gasteiger charge is -2.23. The monoisotopic (exact) mass is 289 g/mol. The van der Waals surface area contributed by atoms with Crippen molar-refractivity contribution in [3.8, 4) is 0 Å². The molecule has 0 aliphatic rings. The van der Waals surface area contributed by atoms with Crippen molar-refractivity contribution in [1.82, 2.24) is 5.32 Å². The third-order valence-electron chi connectivity index (χ3n) is 3.76. The molecule has 0 aliphatic heterocycles. The van der Waals surface area contributed by atoms with Crippen molar-refractivity contribution >= 4 is 0 Å². The molecule has 2 aromatic carbocycles. The first-order chi connectivity index (χ1) is 10.0. The summed E-state index contributed by atoms with van der Waals surface area (Å²) < 4.78 is 27.1. The van der Waals surface area contributed by atoms with Gasteiger partial charge in [0.05, 0.1) is 0 Å². The average Bonchev–Trinajstić information content (AvgIpc) is 2.48. The highest BCUT2D eigenvalue weighted by Crippen LogP contribution is 2.24. The minimum absolute atomic E-state index is 0.114. The zero-order chi connectivity index (χ0) is 15.4. The average molecular weight is 289 g/mol. The minimum atomic E-state index is -0.413. The van der Waals surface area contributed by atoms with Gasteiger partial charge in [0, 0.05) is 17.6 Å². The van der Waals surface area contributed by atoms with E-state index >= 15 is 0 Å². The minimum Gasteiger partial charge on any atom is -0.303 e. The Morgan fingerprint density at radius 3 is 2.33 bits per heavy atom. The van der Waals surface area contributed by atoms with E-state index in [2.05, 4.69) is 36.5 Å². The van der Waals surface area contributed by atoms with Crippen LogP contribution in [-0.4, -0.2) is 0 Å². The summed E-state index contributed by atoms with van der Waals surface area (Å²) in [6, 6.07) is 11.7. The molecule has 21 heavy (non-hydrogen) atoms. The fraction of sp³-hybridized carbons (Fsp3) is 0.333. The first-order valence-corrected chi connectivity index (χ1v) is 7.28. The van der Waals surface area contributed by atoms with Crippen molar-refractivity contribution in [2.24, 2.45) is 0 Å². The Balaban J connectivity index is 2.17. The SMILES string of the molecule is CCC(NC(C)c1cc(F)ccc1F)c1ccc(C)cc1. The van der Waals surface area contributed by atoms with E-state index in [0.29, 0.717) is 5.56 Å². The van der Waals surface area contributed by atoms with Crippen LogP contribution in [-0.2, 0) is 0 Å². The summed E-state index contributed by atoms with van der Waals surface area (Å²) in [4.78, 5) is 0. The van der Waals surface area contributed by atoms with Crippen LogP contribution in [0.3, 0.4) is 0 Å². The summed E-state index contributed by atoms with van der Waals surface area (Å²) in [5, 5.41) is 3.38. The molecule has 2 unspecified atom stereocenters. The summed E-state index contributed by atoms with van der Waals surface area (Å²) in [6.07, 6.45) is 0.879. The lowest BCUT2D eigenvalue weighted by Crippen LogP contribution is -2.25. The van der Waals surface area contributed by atoms with Crippen molar-refractivity contribution in [1.29, 1.82) is 0 Å². The van der Waals surface area contributed by atoms with Crippen molar-refractivity contribution in [2.75, 3.05) is 0 Å². The third kappa shape index (κ3) is 3.88. The molecule has 0 heterocycles. The van der Waals surface area contributed by atoms with Gasteiger partial charge in [0.1, 0.15) is 11.6 Å². The Kier molecular flexibility index (Phi) is 5.07. The van der Waals surface area contributed by atoms with Gasteiger partial charge in [0.25, 0.3) is 0 Å². The second-order valence-electron chi connectivity index (χ2n) is 5.43. The number of halogens is 2. The number of hydrogen-bond acceptors (Lipinski definition) is 1. The topological polar surface area (TPSA) is 12.0 Å². The molecule has 0 fully saturated rings. The second kappa shape index (κ2) is 6.81. The number of benzene rings is 2. The van der Waals surface area contributed by atoms with Crippen molar-refractivity contribution in [3.63, 3.8) is 0 Å². The predicted molar refractivity (Wildman–Crippen MR) is 82.1 cm³/mol. The molecule has 0 bridgehead atoms. The summed E-state index contributed by atoms with van der Waals surface area (Å²) in [5.41, 5.74) is 2.73. The normalized spacial score (nSPS) is 14.0. The van der Waals surface area contributed by atoms with E-state index in [1.54, 1.807) is 0 Å². The molecule has 0 amide bonds. The van der Waals surface area contributed by atoms with Crippen LogP contribution >= 0.6 is 0 Å². The Morgan fingerprint density at radius 2 is 1.71 bits per heavy atom. The maximum Gasteiger partial charge on any atom is 0.128 e. The number of hydrogen-bond donors (Lipinski definition) is 1. The summed E-state index contributed by atoms with van der Waals surface area (Å²) in [5.74, 6) is -0.793. The standard InChI is InChI=1S/C18H21F2N/c1-4-18(14-7-5-12(2)6-8-14)21-13(3)16-11-15(19)9-10-17(16)20/h5-11,13,18,21H,4H2,1-3H3. The molecular weight excluding hydrogens is 268 g/mol. The highest BCUT2D eigenvalue weighted by Gasteiger charge is 2.17. The van der Waals surface area contributed by atoms with Crippen LogP contribution in [0.15, 0.2) is 42.5 Å². The van der Waals surface area contributed by atoms with Gasteiger partial charge in [-0.2, -0.15) is 0 Å². The van der Waals surface area contributed by atoms with Gasteiger partial charge >= 0.3 is 0 Å². The molecule has 0 aromatic heterocycles. The van der Waals surface area contributed by atoms with Gasteiger partial charge in [0.15, 0.2) is 0 Å². The lowest BCUT2D eigenvalue weighted by molar-refractivity contribution is 0.440. The summed E-state index contributed by atoms with van der Waals surface area (Å²) >= 11 is 0. The van der Waals surface area contributed by atoms with E-state index in [-0.39, 0.29) is 17.9 Å². The molecule has 1 N–H and O–H groups in total. The fourth-order valence-electron chi connectivity index (χ4n) is 2.49. The van der Waals surface area contributed by atoms with Gasteiger partial charge in [-0.15, -0.1) is 0 Å². The predicted octanol–water partition coefficient (Wildman–Crippen LogP) is 5.08. The number of nitrogens with one attached hydrogen (secondary N) is 1. The van der Waals surface area contributed by atoms with E-state index < -0.39 is 5.82 Å². The van der Waals surface area contributed by atoms with E-state index in [4.69, 9.17) is 0 Å². The highest BCUT2D eigenvalue weighted by atomic mass is 19.1. The van der Waals surface area contributed by atoms with E-state index in [0.717, 1.165) is 18.1 Å². The molecule has 2 rings (SSSR count). The molecule has 3 heteroatoms. The first-order valence-electron chi connectivity index (χ1n) is 7.28. The first kappa shape index (κ1) is 15.6. The molecule has 2 aromatic rings. The van der Waals surface area contributed by atoms with Gasteiger partial charge in [-0.3, -0.25) is 0 Å². The Hall–Kier alpha value is -1.74. The van der Waals surface area contributed by atoms with Crippen molar-refractivity contribution in [3.05, 3.63) is 70.8 Å². The molecule has 0 saturated carbocycles. The molecule has 0 radical (unpaired) electrons. The second-order valence-corrected chi connectivity index (χ2v) is 5.43. The van der Waals surface area contributed by atoms with Crippen LogP contribution in [0, 0.1) is 18.6 Å². The molecule has 0 aliphatic carbocycles. The van der Waals surface area contributed by atoms with Crippen molar-refractivity contribution < 1.29 is 8.78 Å². The van der Waals surface area contributed by atoms with Crippen LogP contribution in [0.1, 0.15) is 49.0 Å². The van der Waals surface area contributed by atoms with Gasteiger partial charge in [-0.05, 0) is 44.0 Å². The zero-order valence-corrected chi connectivity index (χ0v) is 12.7. The summed E-state index contributed by atoms with van der Waals surface area (Å²) in [6.45, 7) is 5.98. The van der Waals surface area contributed by atoms with Crippen LogP contribution in [0.2, 0.25) is 0 Å². The Labute approximate surface area is 125 Å². The zero-order valence-electron chi connectivity index (χ0n) is 12.7. The molecule has 112 valence electrons. The van der Waals surface area contributed by atoms with E-state index in [1.165, 1.54) is 17.7 Å². The number of aryl methyl sites for hydroxylation is 1. The van der Waals surface area contributed by atoms with Gasteiger partial charge in [-0.1, -0.05) is 36.8 Å². The van der Waals surface area contributed by atoms with Gasteiger partial charge in [-0.25, -0.2) is 8.78 Å². The maximum absolute atomic E-state index is 13.8. The highest BCUT2D eigenvalue weighted by molar-refractivity contribution is 5.26. The van der Waals surface area contributed by atoms with Crippen LogP contribution < -0.4 is 5.32 Å². The van der Waals surface area contributed by atoms with Gasteiger partial charge < -0.3 is 5.32 Å². The molecule has 1 nitrogen and oxygen atoms in total. The van der Waals surface area contributed by atoms with Crippen molar-refractivity contribution in [2.45, 2.75) is 39.3 Å². The van der Waals surface area contributed by atoms with E-state index in [9.17, 15) is 8.78 Å².